The molecule has 0 N–H and O–H groups in total. The van der Waals surface area contributed by atoms with Gasteiger partial charge in [0.1, 0.15) is 11.9 Å². The van der Waals surface area contributed by atoms with Crippen LogP contribution in [0.1, 0.15) is 55.0 Å². The molecule has 32 heavy (non-hydrogen) atoms. The van der Waals surface area contributed by atoms with Gasteiger partial charge in [0.25, 0.3) is 0 Å². The number of hydrogen-bond donors (Lipinski definition) is 0. The number of rotatable bonds is 4. The number of nitrogens with zero attached hydrogens (tertiary/aromatic N) is 5. The molecule has 3 aromatic rings. The second-order valence-corrected chi connectivity index (χ2v) is 8.69. The van der Waals surface area contributed by atoms with Crippen molar-refractivity contribution in [1.82, 2.24) is 19.3 Å². The van der Waals surface area contributed by atoms with Crippen LogP contribution in [0.25, 0.3) is 5.69 Å². The average molecular weight is 466 g/mol. The third-order valence-corrected chi connectivity index (χ3v) is 6.15. The Kier molecular flexibility index (Phi) is 5.56. The van der Waals surface area contributed by atoms with E-state index in [-0.39, 0.29) is 17.6 Å². The number of carbonyl (C=O) groups excluding carboxylic acids is 1. The number of halogens is 4. The molecule has 0 unspecified atom stereocenters. The van der Waals surface area contributed by atoms with Gasteiger partial charge in [-0.05, 0) is 49.9 Å². The minimum atomic E-state index is -4.56. The summed E-state index contributed by atoms with van der Waals surface area (Å²) in [6, 6.07) is 4.85. The van der Waals surface area contributed by atoms with Crippen molar-refractivity contribution in [1.29, 1.82) is 0 Å². The van der Waals surface area contributed by atoms with Crippen LogP contribution >= 0.6 is 11.6 Å². The number of imidazole rings is 1. The first kappa shape index (κ1) is 22.4. The van der Waals surface area contributed by atoms with Crippen LogP contribution in [-0.4, -0.2) is 31.8 Å². The molecule has 1 amide bonds. The number of hydrogen-bond acceptors (Lipinski definition) is 3. The molecule has 3 heterocycles. The van der Waals surface area contributed by atoms with Gasteiger partial charge < -0.3 is 9.47 Å². The molecule has 2 aromatic heterocycles. The van der Waals surface area contributed by atoms with E-state index in [2.05, 4.69) is 10.1 Å². The van der Waals surface area contributed by atoms with E-state index < -0.39 is 17.9 Å². The van der Waals surface area contributed by atoms with Gasteiger partial charge in [-0.25, -0.2) is 9.67 Å². The lowest BCUT2D eigenvalue weighted by Crippen LogP contribution is -2.29. The van der Waals surface area contributed by atoms with E-state index in [0.29, 0.717) is 23.7 Å². The number of benzene rings is 1. The molecule has 6 nitrogen and oxygen atoms in total. The molecule has 10 heteroatoms. The van der Waals surface area contributed by atoms with Gasteiger partial charge in [0.2, 0.25) is 5.91 Å². The van der Waals surface area contributed by atoms with Crippen molar-refractivity contribution in [3.63, 3.8) is 0 Å². The predicted molar refractivity (Wildman–Crippen MR) is 115 cm³/mol. The van der Waals surface area contributed by atoms with E-state index in [1.54, 1.807) is 21.8 Å². The number of alkyl halides is 3. The van der Waals surface area contributed by atoms with Crippen molar-refractivity contribution < 1.29 is 18.0 Å². The normalized spacial score (nSPS) is 17.1. The first-order valence-corrected chi connectivity index (χ1v) is 10.6. The molecule has 170 valence electrons. The second kappa shape index (κ2) is 7.95. The highest BCUT2D eigenvalue weighted by Crippen LogP contribution is 2.37. The highest BCUT2D eigenvalue weighted by molar-refractivity contribution is 6.31. The van der Waals surface area contributed by atoms with Crippen LogP contribution in [0.3, 0.4) is 0 Å². The number of carbonyl (C=O) groups is 1. The smallest absolute Gasteiger partial charge is 0.322 e. The van der Waals surface area contributed by atoms with Crippen molar-refractivity contribution in [3.05, 3.63) is 58.4 Å². The van der Waals surface area contributed by atoms with Crippen molar-refractivity contribution in [2.75, 3.05) is 11.4 Å². The van der Waals surface area contributed by atoms with E-state index in [9.17, 15) is 18.0 Å². The number of aryl methyl sites for hydroxylation is 2. The molecule has 0 saturated carbocycles. The minimum absolute atomic E-state index is 0.0437. The van der Waals surface area contributed by atoms with Gasteiger partial charge in [-0.3, -0.25) is 4.79 Å². The standard InChI is InChI=1S/C22H23ClF3N5O/c1-12(2)20-18(10-27-31(20)15-5-6-16(23)13(3)9-15)29-8-7-17(21(29)32)30-11-19(22(24,25)26)28-14(30)4/h5-6,9-12,17H,7-8H2,1-4H3/t17-/m0/s1. The SMILES string of the molecule is Cc1cc(-n2ncc(N3CC[C@H](n4cc(C(F)(F)F)nc4C)C3=O)c2C(C)C)ccc1Cl. The summed E-state index contributed by atoms with van der Waals surface area (Å²) in [4.78, 5) is 18.5. The minimum Gasteiger partial charge on any atom is -0.322 e. The molecule has 1 fully saturated rings. The Morgan fingerprint density at radius 2 is 1.94 bits per heavy atom. The molecular weight excluding hydrogens is 443 g/mol. The monoisotopic (exact) mass is 465 g/mol. The number of aromatic nitrogens is 4. The van der Waals surface area contributed by atoms with E-state index in [1.807, 2.05) is 32.9 Å². The van der Waals surface area contributed by atoms with Crippen LogP contribution in [0.15, 0.2) is 30.6 Å². The Morgan fingerprint density at radius 1 is 1.22 bits per heavy atom. The molecule has 1 aliphatic heterocycles. The van der Waals surface area contributed by atoms with Crippen LogP contribution in [0, 0.1) is 13.8 Å². The van der Waals surface area contributed by atoms with E-state index in [4.69, 9.17) is 11.6 Å². The Labute approximate surface area is 188 Å². The molecule has 1 saturated heterocycles. The highest BCUT2D eigenvalue weighted by Gasteiger charge is 2.40. The molecule has 0 radical (unpaired) electrons. The Bertz CT molecular complexity index is 1180. The Morgan fingerprint density at radius 3 is 2.53 bits per heavy atom. The molecule has 1 aliphatic rings. The fraction of sp³-hybridized carbons (Fsp3) is 0.409. The maximum atomic E-state index is 13.3. The average Bonchev–Trinajstić information content (AvgIpc) is 3.40. The first-order chi connectivity index (χ1) is 15.0. The molecule has 0 spiro atoms. The third kappa shape index (κ3) is 3.79. The quantitative estimate of drug-likeness (QED) is 0.514. The van der Waals surface area contributed by atoms with Crippen LogP contribution < -0.4 is 4.90 Å². The maximum Gasteiger partial charge on any atom is 0.434 e. The number of amides is 1. The molecule has 1 atom stereocenters. The lowest BCUT2D eigenvalue weighted by atomic mass is 10.1. The van der Waals surface area contributed by atoms with Gasteiger partial charge in [-0.15, -0.1) is 0 Å². The van der Waals surface area contributed by atoms with Crippen molar-refractivity contribution in [3.8, 4) is 5.69 Å². The first-order valence-electron chi connectivity index (χ1n) is 10.3. The molecule has 4 rings (SSSR count). The van der Waals surface area contributed by atoms with Crippen LogP contribution in [-0.2, 0) is 11.0 Å². The highest BCUT2D eigenvalue weighted by atomic mass is 35.5. The summed E-state index contributed by atoms with van der Waals surface area (Å²) >= 11 is 6.15. The lowest BCUT2D eigenvalue weighted by molar-refractivity contribution is -0.141. The van der Waals surface area contributed by atoms with E-state index in [1.165, 1.54) is 11.5 Å². The molecular formula is C22H23ClF3N5O. The zero-order valence-electron chi connectivity index (χ0n) is 18.1. The summed E-state index contributed by atoms with van der Waals surface area (Å²) in [5.74, 6) is -0.0657. The van der Waals surface area contributed by atoms with Gasteiger partial charge >= 0.3 is 6.18 Å². The zero-order valence-corrected chi connectivity index (χ0v) is 18.9. The Balaban J connectivity index is 1.70. The summed E-state index contributed by atoms with van der Waals surface area (Å²) in [6.07, 6.45) is -1.61. The van der Waals surface area contributed by atoms with Crippen LogP contribution in [0.2, 0.25) is 5.02 Å². The fourth-order valence-corrected chi connectivity index (χ4v) is 4.28. The second-order valence-electron chi connectivity index (χ2n) is 8.29. The predicted octanol–water partition coefficient (Wildman–Crippen LogP) is 5.46. The fourth-order valence-electron chi connectivity index (χ4n) is 4.16. The van der Waals surface area contributed by atoms with Crippen molar-refractivity contribution >= 4 is 23.2 Å². The summed E-state index contributed by atoms with van der Waals surface area (Å²) in [7, 11) is 0. The van der Waals surface area contributed by atoms with Gasteiger partial charge in [0.05, 0.1) is 23.3 Å². The summed E-state index contributed by atoms with van der Waals surface area (Å²) in [5, 5.41) is 5.17. The van der Waals surface area contributed by atoms with E-state index >= 15 is 0 Å². The van der Waals surface area contributed by atoms with Gasteiger partial charge in [0.15, 0.2) is 5.69 Å². The van der Waals surface area contributed by atoms with E-state index in [0.717, 1.165) is 23.1 Å². The lowest BCUT2D eigenvalue weighted by Gasteiger charge is -2.20. The molecule has 0 aliphatic carbocycles. The molecule has 1 aromatic carbocycles. The number of anilines is 1. The van der Waals surface area contributed by atoms with Gasteiger partial charge in [0, 0.05) is 17.8 Å². The maximum absolute atomic E-state index is 13.3. The van der Waals surface area contributed by atoms with Crippen LogP contribution in [0.5, 0.6) is 0 Å². The van der Waals surface area contributed by atoms with Crippen LogP contribution in [0.4, 0.5) is 18.9 Å². The topological polar surface area (TPSA) is 56.0 Å². The molecule has 0 bridgehead atoms. The summed E-state index contributed by atoms with van der Waals surface area (Å²) in [6.45, 7) is 7.78. The zero-order chi connectivity index (χ0) is 23.4. The van der Waals surface area contributed by atoms with Crippen molar-refractivity contribution in [2.45, 2.75) is 52.3 Å². The van der Waals surface area contributed by atoms with Gasteiger partial charge in [-0.1, -0.05) is 25.4 Å². The summed E-state index contributed by atoms with van der Waals surface area (Å²) in [5.41, 5.74) is 2.25. The third-order valence-electron chi connectivity index (χ3n) is 5.73. The Hall–Kier alpha value is -2.81. The summed E-state index contributed by atoms with van der Waals surface area (Å²) < 4.78 is 42.3. The van der Waals surface area contributed by atoms with Gasteiger partial charge in [-0.2, -0.15) is 18.3 Å². The van der Waals surface area contributed by atoms with Crippen molar-refractivity contribution in [2.24, 2.45) is 0 Å². The largest absolute Gasteiger partial charge is 0.434 e.